The molecule has 1 aromatic carbocycles. The number of carboxylic acids is 1. The molecule has 1 aromatic rings. The molecule has 2 rings (SSSR count). The summed E-state index contributed by atoms with van der Waals surface area (Å²) in [5.74, 6) is -1.50. The number of benzene rings is 1. The van der Waals surface area contributed by atoms with Crippen molar-refractivity contribution in [2.45, 2.75) is 39.2 Å². The van der Waals surface area contributed by atoms with Gasteiger partial charge in [0.15, 0.2) is 0 Å². The summed E-state index contributed by atoms with van der Waals surface area (Å²) >= 11 is 0. The van der Waals surface area contributed by atoms with E-state index in [1.165, 1.54) is 0 Å². The van der Waals surface area contributed by atoms with Gasteiger partial charge in [-0.2, -0.15) is 0 Å². The molecule has 0 aromatic heterocycles. The van der Waals surface area contributed by atoms with Crippen LogP contribution in [0, 0.1) is 18.8 Å². The Labute approximate surface area is 136 Å². The van der Waals surface area contributed by atoms with Crippen molar-refractivity contribution >= 4 is 11.9 Å². The highest BCUT2D eigenvalue weighted by molar-refractivity contribution is 5.81. The number of aliphatic carboxylic acids is 1. The minimum atomic E-state index is -0.817. The summed E-state index contributed by atoms with van der Waals surface area (Å²) in [6.07, 6.45) is 0.860. The molecule has 5 heteroatoms. The van der Waals surface area contributed by atoms with Crippen LogP contribution in [0.1, 0.15) is 43.4 Å². The molecule has 0 aliphatic heterocycles. The van der Waals surface area contributed by atoms with Crippen molar-refractivity contribution in [2.24, 2.45) is 11.8 Å². The smallest absolute Gasteiger partial charge is 0.306 e. The Morgan fingerprint density at radius 2 is 1.83 bits per heavy atom. The molecule has 0 spiro atoms. The SMILES string of the molecule is CCN(CC(O)c1ccc(C)cc1)C(=O)[C@@H]1CC[C@H](C(=O)O)C1. The highest BCUT2D eigenvalue weighted by atomic mass is 16.4. The van der Waals surface area contributed by atoms with Gasteiger partial charge in [-0.25, -0.2) is 0 Å². The molecule has 1 unspecified atom stereocenters. The van der Waals surface area contributed by atoms with Gasteiger partial charge in [-0.3, -0.25) is 9.59 Å². The molecular formula is C18H25NO4. The summed E-state index contributed by atoms with van der Waals surface area (Å²) in [6, 6.07) is 7.61. The van der Waals surface area contributed by atoms with E-state index in [9.17, 15) is 14.7 Å². The fourth-order valence-corrected chi connectivity index (χ4v) is 3.17. The van der Waals surface area contributed by atoms with E-state index in [0.29, 0.717) is 25.8 Å². The third-order valence-electron chi connectivity index (χ3n) is 4.68. The van der Waals surface area contributed by atoms with Gasteiger partial charge in [0, 0.05) is 12.5 Å². The summed E-state index contributed by atoms with van der Waals surface area (Å²) < 4.78 is 0. The number of hydrogen-bond donors (Lipinski definition) is 2. The van der Waals surface area contributed by atoms with E-state index >= 15 is 0 Å². The zero-order valence-electron chi connectivity index (χ0n) is 13.7. The number of rotatable bonds is 6. The Morgan fingerprint density at radius 3 is 2.35 bits per heavy atom. The highest BCUT2D eigenvalue weighted by Crippen LogP contribution is 2.32. The van der Waals surface area contributed by atoms with Crippen LogP contribution in [0.25, 0.3) is 0 Å². The first-order chi connectivity index (χ1) is 10.9. The third-order valence-corrected chi connectivity index (χ3v) is 4.68. The van der Waals surface area contributed by atoms with E-state index in [0.717, 1.165) is 11.1 Å². The van der Waals surface area contributed by atoms with Crippen LogP contribution < -0.4 is 0 Å². The lowest BCUT2D eigenvalue weighted by Crippen LogP contribution is -2.38. The molecule has 0 radical (unpaired) electrons. The number of nitrogens with zero attached hydrogens (tertiary/aromatic N) is 1. The Balaban J connectivity index is 1.97. The molecule has 1 aliphatic rings. The molecule has 0 heterocycles. The van der Waals surface area contributed by atoms with Gasteiger partial charge in [-0.05, 0) is 38.7 Å². The quantitative estimate of drug-likeness (QED) is 0.844. The molecule has 0 bridgehead atoms. The average molecular weight is 319 g/mol. The van der Waals surface area contributed by atoms with Gasteiger partial charge in [0.05, 0.1) is 18.6 Å². The molecule has 1 saturated carbocycles. The lowest BCUT2D eigenvalue weighted by Gasteiger charge is -2.27. The molecule has 1 fully saturated rings. The minimum Gasteiger partial charge on any atom is -0.481 e. The van der Waals surface area contributed by atoms with Crippen molar-refractivity contribution in [1.29, 1.82) is 0 Å². The van der Waals surface area contributed by atoms with Gasteiger partial charge in [0.2, 0.25) is 5.91 Å². The molecule has 5 nitrogen and oxygen atoms in total. The van der Waals surface area contributed by atoms with Crippen molar-refractivity contribution in [1.82, 2.24) is 4.90 Å². The number of carboxylic acid groups (broad SMARTS) is 1. The van der Waals surface area contributed by atoms with Gasteiger partial charge in [-0.15, -0.1) is 0 Å². The molecule has 1 aliphatic carbocycles. The van der Waals surface area contributed by atoms with Crippen molar-refractivity contribution in [3.63, 3.8) is 0 Å². The molecule has 3 atom stereocenters. The Kier molecular flexibility index (Phi) is 5.77. The second kappa shape index (κ2) is 7.59. The summed E-state index contributed by atoms with van der Waals surface area (Å²) in [7, 11) is 0. The van der Waals surface area contributed by atoms with Gasteiger partial charge in [0.25, 0.3) is 0 Å². The minimum absolute atomic E-state index is 0.0394. The monoisotopic (exact) mass is 319 g/mol. The van der Waals surface area contributed by atoms with Crippen LogP contribution in [0.15, 0.2) is 24.3 Å². The van der Waals surface area contributed by atoms with Crippen molar-refractivity contribution in [3.8, 4) is 0 Å². The van der Waals surface area contributed by atoms with Crippen LogP contribution in [0.5, 0.6) is 0 Å². The summed E-state index contributed by atoms with van der Waals surface area (Å²) in [5.41, 5.74) is 1.91. The summed E-state index contributed by atoms with van der Waals surface area (Å²) in [6.45, 7) is 4.61. The number of carbonyl (C=O) groups is 2. The molecule has 23 heavy (non-hydrogen) atoms. The largest absolute Gasteiger partial charge is 0.481 e. The molecule has 2 N–H and O–H groups in total. The standard InChI is InChI=1S/C18H25NO4/c1-3-19(11-16(20)13-6-4-12(2)5-7-13)17(21)14-8-9-15(10-14)18(22)23/h4-7,14-16,20H,3,8-11H2,1-2H3,(H,22,23)/t14-,15+,16?/m1/s1. The number of aliphatic hydroxyl groups is 1. The number of likely N-dealkylation sites (N-methyl/N-ethyl adjacent to an activating group) is 1. The predicted octanol–water partition coefficient (Wildman–Crippen LogP) is 2.38. The van der Waals surface area contributed by atoms with Crippen LogP contribution >= 0.6 is 0 Å². The van der Waals surface area contributed by atoms with E-state index in [2.05, 4.69) is 0 Å². The van der Waals surface area contributed by atoms with Crippen molar-refractivity contribution < 1.29 is 19.8 Å². The number of hydrogen-bond acceptors (Lipinski definition) is 3. The summed E-state index contributed by atoms with van der Waals surface area (Å²) in [4.78, 5) is 25.3. The van der Waals surface area contributed by atoms with E-state index in [-0.39, 0.29) is 18.4 Å². The normalized spacial score (nSPS) is 21.9. The first kappa shape index (κ1) is 17.5. The van der Waals surface area contributed by atoms with Crippen LogP contribution in [-0.4, -0.2) is 40.1 Å². The first-order valence-electron chi connectivity index (χ1n) is 8.18. The van der Waals surface area contributed by atoms with E-state index in [1.807, 2.05) is 38.1 Å². The van der Waals surface area contributed by atoms with Gasteiger partial charge in [0.1, 0.15) is 0 Å². The average Bonchev–Trinajstić information content (AvgIpc) is 3.02. The third kappa shape index (κ3) is 4.32. The highest BCUT2D eigenvalue weighted by Gasteiger charge is 2.35. The maximum absolute atomic E-state index is 12.6. The zero-order chi connectivity index (χ0) is 17.0. The topological polar surface area (TPSA) is 77.8 Å². The van der Waals surface area contributed by atoms with Crippen LogP contribution in [0.2, 0.25) is 0 Å². The van der Waals surface area contributed by atoms with Crippen LogP contribution in [0.3, 0.4) is 0 Å². The Hall–Kier alpha value is -1.88. The molecule has 1 amide bonds. The van der Waals surface area contributed by atoms with E-state index in [4.69, 9.17) is 5.11 Å². The lowest BCUT2D eigenvalue weighted by molar-refractivity contribution is -0.141. The fourth-order valence-electron chi connectivity index (χ4n) is 3.17. The van der Waals surface area contributed by atoms with Crippen LogP contribution in [0.4, 0.5) is 0 Å². The second-order valence-corrected chi connectivity index (χ2v) is 6.35. The Bertz CT molecular complexity index is 555. The summed E-state index contributed by atoms with van der Waals surface area (Å²) in [5, 5.41) is 19.4. The van der Waals surface area contributed by atoms with Gasteiger partial charge < -0.3 is 15.1 Å². The fraction of sp³-hybridized carbons (Fsp3) is 0.556. The molecule has 126 valence electrons. The first-order valence-corrected chi connectivity index (χ1v) is 8.18. The number of aryl methyl sites for hydroxylation is 1. The van der Waals surface area contributed by atoms with E-state index in [1.54, 1.807) is 4.90 Å². The van der Waals surface area contributed by atoms with Crippen molar-refractivity contribution in [2.75, 3.05) is 13.1 Å². The van der Waals surface area contributed by atoms with Gasteiger partial charge in [-0.1, -0.05) is 29.8 Å². The maximum atomic E-state index is 12.6. The Morgan fingerprint density at radius 1 is 1.22 bits per heavy atom. The van der Waals surface area contributed by atoms with Crippen molar-refractivity contribution in [3.05, 3.63) is 35.4 Å². The predicted molar refractivity (Wildman–Crippen MR) is 86.9 cm³/mol. The van der Waals surface area contributed by atoms with E-state index < -0.39 is 18.0 Å². The zero-order valence-corrected chi connectivity index (χ0v) is 13.7. The maximum Gasteiger partial charge on any atom is 0.306 e. The number of amides is 1. The van der Waals surface area contributed by atoms with Gasteiger partial charge >= 0.3 is 5.97 Å². The number of carbonyl (C=O) groups excluding carboxylic acids is 1. The van der Waals surface area contributed by atoms with Crippen LogP contribution in [-0.2, 0) is 9.59 Å². The lowest BCUT2D eigenvalue weighted by atomic mass is 10.0. The molecular weight excluding hydrogens is 294 g/mol. The molecule has 0 saturated heterocycles. The number of aliphatic hydroxyl groups excluding tert-OH is 1. The second-order valence-electron chi connectivity index (χ2n) is 6.35.